The number of methoxy groups -OCH3 is 1. The van der Waals surface area contributed by atoms with Crippen LogP contribution < -0.4 is 15.4 Å². The smallest absolute Gasteiger partial charge is 0.248 e. The number of nitrogens with two attached hydrogens (primary N) is 1. The standard InChI is InChI=1S/C20H16N2O4/c1-25-14-7-5-13(6-8-14)22-16-9-4-12(19(21)23)11-15(16)18(20(22)24)17-3-2-10-26-17/h2-11,18H,1H3,(H2,21,23). The van der Waals surface area contributed by atoms with E-state index in [1.165, 1.54) is 6.26 Å². The van der Waals surface area contributed by atoms with Crippen molar-refractivity contribution in [3.05, 3.63) is 77.7 Å². The molecule has 1 aliphatic heterocycles. The predicted molar refractivity (Wildman–Crippen MR) is 95.7 cm³/mol. The van der Waals surface area contributed by atoms with E-state index in [4.69, 9.17) is 14.9 Å². The molecule has 0 saturated heterocycles. The molecule has 2 N–H and O–H groups in total. The third-order valence-electron chi connectivity index (χ3n) is 4.49. The van der Waals surface area contributed by atoms with E-state index in [9.17, 15) is 9.59 Å². The first kappa shape index (κ1) is 16.0. The highest BCUT2D eigenvalue weighted by Crippen LogP contribution is 2.45. The molecule has 1 unspecified atom stereocenters. The molecule has 2 amide bonds. The van der Waals surface area contributed by atoms with Crippen LogP contribution in [0.3, 0.4) is 0 Å². The van der Waals surface area contributed by atoms with Crippen LogP contribution in [0.4, 0.5) is 11.4 Å². The number of anilines is 2. The van der Waals surface area contributed by atoms with Crippen molar-refractivity contribution in [3.63, 3.8) is 0 Å². The third kappa shape index (κ3) is 2.43. The number of benzene rings is 2. The molecule has 0 radical (unpaired) electrons. The summed E-state index contributed by atoms with van der Waals surface area (Å²) < 4.78 is 10.7. The van der Waals surface area contributed by atoms with E-state index >= 15 is 0 Å². The maximum absolute atomic E-state index is 13.2. The van der Waals surface area contributed by atoms with Crippen molar-refractivity contribution in [2.75, 3.05) is 12.0 Å². The number of hydrogen-bond acceptors (Lipinski definition) is 4. The molecule has 26 heavy (non-hydrogen) atoms. The van der Waals surface area contributed by atoms with Crippen molar-refractivity contribution in [2.24, 2.45) is 5.73 Å². The van der Waals surface area contributed by atoms with Crippen LogP contribution in [0, 0.1) is 0 Å². The molecule has 0 saturated carbocycles. The molecule has 2 heterocycles. The van der Waals surface area contributed by atoms with E-state index < -0.39 is 11.8 Å². The maximum atomic E-state index is 13.2. The Labute approximate surface area is 149 Å². The Bertz CT molecular complexity index is 978. The molecular weight excluding hydrogens is 332 g/mol. The van der Waals surface area contributed by atoms with Crippen molar-refractivity contribution in [3.8, 4) is 5.75 Å². The summed E-state index contributed by atoms with van der Waals surface area (Å²) in [5.41, 5.74) is 7.86. The van der Waals surface area contributed by atoms with E-state index in [2.05, 4.69) is 0 Å². The highest BCUT2D eigenvalue weighted by atomic mass is 16.5. The van der Waals surface area contributed by atoms with Gasteiger partial charge in [-0.15, -0.1) is 0 Å². The van der Waals surface area contributed by atoms with E-state index in [-0.39, 0.29) is 5.91 Å². The summed E-state index contributed by atoms with van der Waals surface area (Å²) >= 11 is 0. The first-order valence-corrected chi connectivity index (χ1v) is 8.05. The van der Waals surface area contributed by atoms with Gasteiger partial charge in [0.25, 0.3) is 0 Å². The van der Waals surface area contributed by atoms with E-state index in [0.717, 1.165) is 0 Å². The molecule has 4 rings (SSSR count). The van der Waals surface area contributed by atoms with Crippen molar-refractivity contribution < 1.29 is 18.7 Å². The molecule has 1 aromatic heterocycles. The average molecular weight is 348 g/mol. The predicted octanol–water partition coefficient (Wildman–Crippen LogP) is 3.20. The minimum absolute atomic E-state index is 0.151. The lowest BCUT2D eigenvalue weighted by molar-refractivity contribution is -0.118. The lowest BCUT2D eigenvalue weighted by Gasteiger charge is -2.18. The summed E-state index contributed by atoms with van der Waals surface area (Å²) in [6.45, 7) is 0. The second-order valence-electron chi connectivity index (χ2n) is 5.96. The zero-order chi connectivity index (χ0) is 18.3. The van der Waals surface area contributed by atoms with Crippen LogP contribution in [0.2, 0.25) is 0 Å². The van der Waals surface area contributed by atoms with Gasteiger partial charge in [0.1, 0.15) is 17.4 Å². The maximum Gasteiger partial charge on any atom is 0.248 e. The summed E-state index contributed by atoms with van der Waals surface area (Å²) in [5, 5.41) is 0. The number of carbonyl (C=O) groups is 2. The van der Waals surface area contributed by atoms with Crippen molar-refractivity contribution in [2.45, 2.75) is 5.92 Å². The minimum atomic E-state index is -0.624. The fourth-order valence-corrected chi connectivity index (χ4v) is 3.25. The Morgan fingerprint density at radius 2 is 1.92 bits per heavy atom. The zero-order valence-electron chi connectivity index (χ0n) is 14.0. The fourth-order valence-electron chi connectivity index (χ4n) is 3.25. The number of nitrogens with zero attached hydrogens (tertiary/aromatic N) is 1. The third-order valence-corrected chi connectivity index (χ3v) is 4.49. The summed E-state index contributed by atoms with van der Waals surface area (Å²) in [6.07, 6.45) is 1.52. The van der Waals surface area contributed by atoms with E-state index in [0.29, 0.717) is 34.0 Å². The van der Waals surface area contributed by atoms with Gasteiger partial charge in [-0.25, -0.2) is 0 Å². The van der Waals surface area contributed by atoms with E-state index in [1.807, 2.05) is 12.1 Å². The van der Waals surface area contributed by atoms with Crippen LogP contribution in [0.1, 0.15) is 27.6 Å². The van der Waals surface area contributed by atoms with Crippen LogP contribution in [0.25, 0.3) is 0 Å². The highest BCUT2D eigenvalue weighted by molar-refractivity contribution is 6.12. The zero-order valence-corrected chi connectivity index (χ0v) is 14.0. The Hall–Kier alpha value is -3.54. The monoisotopic (exact) mass is 348 g/mol. The van der Waals surface area contributed by atoms with E-state index in [1.54, 1.807) is 54.5 Å². The molecule has 6 nitrogen and oxygen atoms in total. The van der Waals surface area contributed by atoms with Gasteiger partial charge in [0, 0.05) is 11.3 Å². The Kier molecular flexibility index (Phi) is 3.73. The van der Waals surface area contributed by atoms with Crippen LogP contribution in [-0.4, -0.2) is 18.9 Å². The largest absolute Gasteiger partial charge is 0.497 e. The number of fused-ring (bicyclic) bond motifs is 1. The topological polar surface area (TPSA) is 85.8 Å². The SMILES string of the molecule is COc1ccc(N2C(=O)C(c3ccco3)c3cc(C(N)=O)ccc32)cc1. The number of ether oxygens (including phenoxy) is 1. The Morgan fingerprint density at radius 1 is 1.15 bits per heavy atom. The van der Waals surface area contributed by atoms with Gasteiger partial charge in [0.15, 0.2) is 0 Å². The van der Waals surface area contributed by atoms with Gasteiger partial charge in [0.2, 0.25) is 11.8 Å². The molecule has 130 valence electrons. The van der Waals surface area contributed by atoms with Crippen molar-refractivity contribution >= 4 is 23.2 Å². The normalized spacial score (nSPS) is 15.8. The Morgan fingerprint density at radius 3 is 2.54 bits per heavy atom. The number of amides is 2. The second kappa shape index (κ2) is 6.07. The Balaban J connectivity index is 1.87. The molecule has 1 aliphatic rings. The van der Waals surface area contributed by atoms with Gasteiger partial charge < -0.3 is 14.9 Å². The molecule has 0 aliphatic carbocycles. The lowest BCUT2D eigenvalue weighted by atomic mass is 9.96. The van der Waals surface area contributed by atoms with Gasteiger partial charge >= 0.3 is 0 Å². The summed E-state index contributed by atoms with van der Waals surface area (Å²) in [4.78, 5) is 26.4. The highest BCUT2D eigenvalue weighted by Gasteiger charge is 2.41. The number of primary amides is 1. The first-order chi connectivity index (χ1) is 12.6. The summed E-state index contributed by atoms with van der Waals surface area (Å²) in [6, 6.07) is 15.7. The number of furan rings is 1. The number of hydrogen-bond donors (Lipinski definition) is 1. The lowest BCUT2D eigenvalue weighted by Crippen LogP contribution is -2.24. The quantitative estimate of drug-likeness (QED) is 0.784. The summed E-state index contributed by atoms with van der Waals surface area (Å²) in [7, 11) is 1.59. The summed E-state index contributed by atoms with van der Waals surface area (Å²) in [5.74, 6) is -0.0920. The van der Waals surface area contributed by atoms with Gasteiger partial charge in [0.05, 0.1) is 19.1 Å². The first-order valence-electron chi connectivity index (χ1n) is 8.05. The molecule has 0 fully saturated rings. The van der Waals surface area contributed by atoms with Crippen LogP contribution in [0.5, 0.6) is 5.75 Å². The molecule has 0 bridgehead atoms. The van der Waals surface area contributed by atoms with Gasteiger partial charge in [-0.3, -0.25) is 14.5 Å². The second-order valence-corrected chi connectivity index (χ2v) is 5.96. The van der Waals surface area contributed by atoms with Crippen molar-refractivity contribution in [1.82, 2.24) is 0 Å². The molecule has 3 aromatic rings. The van der Waals surface area contributed by atoms with Crippen LogP contribution >= 0.6 is 0 Å². The van der Waals surface area contributed by atoms with Crippen LogP contribution in [0.15, 0.2) is 65.3 Å². The fraction of sp³-hybridized carbons (Fsp3) is 0.100. The molecule has 0 spiro atoms. The minimum Gasteiger partial charge on any atom is -0.497 e. The number of rotatable bonds is 4. The number of carbonyl (C=O) groups excluding carboxylic acids is 2. The molecule has 2 aromatic carbocycles. The molecular formula is C20H16N2O4. The van der Waals surface area contributed by atoms with Crippen molar-refractivity contribution in [1.29, 1.82) is 0 Å². The molecule has 6 heteroatoms. The van der Waals surface area contributed by atoms with Gasteiger partial charge in [-0.1, -0.05) is 0 Å². The average Bonchev–Trinajstić information content (AvgIpc) is 3.26. The van der Waals surface area contributed by atoms with Gasteiger partial charge in [-0.05, 0) is 60.2 Å². The van der Waals surface area contributed by atoms with Crippen LogP contribution in [-0.2, 0) is 4.79 Å². The van der Waals surface area contributed by atoms with Gasteiger partial charge in [-0.2, -0.15) is 0 Å². The molecule has 1 atom stereocenters.